The maximum Gasteiger partial charge on any atom is 0.274 e. The van der Waals surface area contributed by atoms with Crippen molar-refractivity contribution in [3.05, 3.63) is 69.3 Å². The first-order valence-electron chi connectivity index (χ1n) is 6.92. The Hall–Kier alpha value is -2.40. The minimum Gasteiger partial charge on any atom is -0.378 e. The molecule has 0 fully saturated rings. The predicted octanol–water partition coefficient (Wildman–Crippen LogP) is 3.46. The van der Waals surface area contributed by atoms with Crippen LogP contribution in [-0.4, -0.2) is 4.92 Å². The lowest BCUT2D eigenvalue weighted by Crippen LogP contribution is -2.10. The molecule has 0 saturated heterocycles. The van der Waals surface area contributed by atoms with E-state index in [0.717, 1.165) is 17.7 Å². The average molecular weight is 283 g/mol. The maximum atomic E-state index is 11.0. The van der Waals surface area contributed by atoms with E-state index >= 15 is 0 Å². The molecular weight excluding hydrogens is 266 g/mol. The second-order valence-electron chi connectivity index (χ2n) is 5.43. The van der Waals surface area contributed by atoms with E-state index in [1.165, 1.54) is 5.56 Å². The number of hydrogen-bond donors (Lipinski definition) is 2. The van der Waals surface area contributed by atoms with Crippen molar-refractivity contribution >= 4 is 11.4 Å². The number of nitro benzene ring substituents is 1. The summed E-state index contributed by atoms with van der Waals surface area (Å²) < 4.78 is 0. The highest BCUT2D eigenvalue weighted by molar-refractivity contribution is 5.57. The molecule has 1 aliphatic carbocycles. The highest BCUT2D eigenvalue weighted by atomic mass is 16.6. The SMILES string of the molecule is Cc1ccc(NC2CC(N)c3ccccc32)cc1[N+](=O)[O-]. The van der Waals surface area contributed by atoms with E-state index in [-0.39, 0.29) is 22.7 Å². The number of benzene rings is 2. The van der Waals surface area contributed by atoms with Crippen LogP contribution in [0.2, 0.25) is 0 Å². The van der Waals surface area contributed by atoms with Crippen LogP contribution in [0.1, 0.15) is 35.2 Å². The van der Waals surface area contributed by atoms with E-state index in [0.29, 0.717) is 5.56 Å². The molecule has 0 heterocycles. The van der Waals surface area contributed by atoms with Gasteiger partial charge in [0.15, 0.2) is 0 Å². The van der Waals surface area contributed by atoms with Gasteiger partial charge < -0.3 is 11.1 Å². The van der Waals surface area contributed by atoms with E-state index in [1.54, 1.807) is 19.1 Å². The van der Waals surface area contributed by atoms with Crippen LogP contribution in [0, 0.1) is 17.0 Å². The number of anilines is 1. The quantitative estimate of drug-likeness (QED) is 0.667. The van der Waals surface area contributed by atoms with Crippen LogP contribution in [0.3, 0.4) is 0 Å². The fourth-order valence-electron chi connectivity index (χ4n) is 2.91. The third-order valence-electron chi connectivity index (χ3n) is 4.01. The average Bonchev–Trinajstić information content (AvgIpc) is 2.78. The number of nitrogens with zero attached hydrogens (tertiary/aromatic N) is 1. The largest absolute Gasteiger partial charge is 0.378 e. The zero-order valence-electron chi connectivity index (χ0n) is 11.7. The minimum atomic E-state index is -0.352. The molecular formula is C16H17N3O2. The fourth-order valence-corrected chi connectivity index (χ4v) is 2.91. The monoisotopic (exact) mass is 283 g/mol. The molecule has 0 saturated carbocycles. The second-order valence-corrected chi connectivity index (χ2v) is 5.43. The molecule has 0 spiro atoms. The van der Waals surface area contributed by atoms with Crippen molar-refractivity contribution in [1.29, 1.82) is 0 Å². The Morgan fingerprint density at radius 2 is 1.95 bits per heavy atom. The molecule has 5 nitrogen and oxygen atoms in total. The van der Waals surface area contributed by atoms with Crippen molar-refractivity contribution in [3.8, 4) is 0 Å². The van der Waals surface area contributed by atoms with E-state index in [4.69, 9.17) is 5.73 Å². The van der Waals surface area contributed by atoms with E-state index < -0.39 is 0 Å². The molecule has 21 heavy (non-hydrogen) atoms. The highest BCUT2D eigenvalue weighted by Crippen LogP contribution is 2.39. The Bertz CT molecular complexity index is 700. The van der Waals surface area contributed by atoms with E-state index in [9.17, 15) is 10.1 Å². The van der Waals surface area contributed by atoms with Crippen LogP contribution < -0.4 is 11.1 Å². The van der Waals surface area contributed by atoms with Crippen molar-refractivity contribution in [2.24, 2.45) is 5.73 Å². The molecule has 0 amide bonds. The molecule has 5 heteroatoms. The molecule has 108 valence electrons. The molecule has 0 aromatic heterocycles. The Labute approximate surface area is 122 Å². The normalized spacial score (nSPS) is 20.1. The summed E-state index contributed by atoms with van der Waals surface area (Å²) in [6, 6.07) is 13.4. The number of rotatable bonds is 3. The molecule has 2 aromatic rings. The second kappa shape index (κ2) is 5.18. The predicted molar refractivity (Wildman–Crippen MR) is 82.2 cm³/mol. The molecule has 1 aliphatic rings. The molecule has 0 aliphatic heterocycles. The van der Waals surface area contributed by atoms with Gasteiger partial charge in [0, 0.05) is 23.4 Å². The van der Waals surface area contributed by atoms with E-state index in [1.807, 2.05) is 24.3 Å². The lowest BCUT2D eigenvalue weighted by Gasteiger charge is -2.15. The highest BCUT2D eigenvalue weighted by Gasteiger charge is 2.28. The van der Waals surface area contributed by atoms with Gasteiger partial charge in [-0.2, -0.15) is 0 Å². The summed E-state index contributed by atoms with van der Waals surface area (Å²) in [5.74, 6) is 0. The first-order chi connectivity index (χ1) is 10.1. The van der Waals surface area contributed by atoms with Crippen LogP contribution in [0.15, 0.2) is 42.5 Å². The number of nitro groups is 1. The summed E-state index contributed by atoms with van der Waals surface area (Å²) >= 11 is 0. The summed E-state index contributed by atoms with van der Waals surface area (Å²) in [5, 5.41) is 14.4. The van der Waals surface area contributed by atoms with Gasteiger partial charge in [0.25, 0.3) is 5.69 Å². The smallest absolute Gasteiger partial charge is 0.274 e. The van der Waals surface area contributed by atoms with Gasteiger partial charge in [0.2, 0.25) is 0 Å². The molecule has 2 atom stereocenters. The summed E-state index contributed by atoms with van der Waals surface area (Å²) in [6.07, 6.45) is 0.793. The molecule has 0 radical (unpaired) electrons. The van der Waals surface area contributed by atoms with Crippen molar-refractivity contribution in [2.75, 3.05) is 5.32 Å². The van der Waals surface area contributed by atoms with Crippen LogP contribution in [0.5, 0.6) is 0 Å². The van der Waals surface area contributed by atoms with E-state index in [2.05, 4.69) is 11.4 Å². The third kappa shape index (κ3) is 2.48. The summed E-state index contributed by atoms with van der Waals surface area (Å²) in [7, 11) is 0. The van der Waals surface area contributed by atoms with Gasteiger partial charge in [-0.3, -0.25) is 10.1 Å². The van der Waals surface area contributed by atoms with Gasteiger partial charge in [-0.1, -0.05) is 30.3 Å². The summed E-state index contributed by atoms with van der Waals surface area (Å²) in [4.78, 5) is 10.7. The fraction of sp³-hybridized carbons (Fsp3) is 0.250. The Balaban J connectivity index is 1.89. The topological polar surface area (TPSA) is 81.2 Å². The molecule has 3 N–H and O–H groups in total. The summed E-state index contributed by atoms with van der Waals surface area (Å²) in [5.41, 5.74) is 10.0. The zero-order chi connectivity index (χ0) is 15.0. The van der Waals surface area contributed by atoms with Crippen LogP contribution >= 0.6 is 0 Å². The third-order valence-corrected chi connectivity index (χ3v) is 4.01. The lowest BCUT2D eigenvalue weighted by molar-refractivity contribution is -0.385. The number of aryl methyl sites for hydroxylation is 1. The number of fused-ring (bicyclic) bond motifs is 1. The van der Waals surface area contributed by atoms with Crippen LogP contribution in [0.25, 0.3) is 0 Å². The zero-order valence-corrected chi connectivity index (χ0v) is 11.7. The van der Waals surface area contributed by atoms with Gasteiger partial charge in [-0.25, -0.2) is 0 Å². The Kier molecular flexibility index (Phi) is 3.35. The molecule has 0 bridgehead atoms. The standard InChI is InChI=1S/C16H17N3O2/c1-10-6-7-11(8-16(10)19(20)21)18-15-9-14(17)12-4-2-3-5-13(12)15/h2-8,14-15,18H,9,17H2,1H3. The Morgan fingerprint density at radius 1 is 1.24 bits per heavy atom. The lowest BCUT2D eigenvalue weighted by atomic mass is 10.1. The molecule has 2 unspecified atom stereocenters. The van der Waals surface area contributed by atoms with Crippen molar-refractivity contribution in [2.45, 2.75) is 25.4 Å². The number of hydrogen-bond acceptors (Lipinski definition) is 4. The van der Waals surface area contributed by atoms with Crippen molar-refractivity contribution in [3.63, 3.8) is 0 Å². The maximum absolute atomic E-state index is 11.0. The number of nitrogens with one attached hydrogen (secondary N) is 1. The minimum absolute atomic E-state index is 0.0131. The van der Waals surface area contributed by atoms with Crippen molar-refractivity contribution in [1.82, 2.24) is 0 Å². The number of nitrogens with two attached hydrogens (primary N) is 1. The first kappa shape index (κ1) is 13.6. The molecule has 3 rings (SSSR count). The first-order valence-corrected chi connectivity index (χ1v) is 6.92. The van der Waals surface area contributed by atoms with Gasteiger partial charge in [-0.15, -0.1) is 0 Å². The van der Waals surface area contributed by atoms with Gasteiger partial charge in [0.05, 0.1) is 11.0 Å². The summed E-state index contributed by atoms with van der Waals surface area (Å²) in [6.45, 7) is 1.74. The Morgan fingerprint density at radius 3 is 2.67 bits per heavy atom. The molecule has 2 aromatic carbocycles. The van der Waals surface area contributed by atoms with Gasteiger partial charge >= 0.3 is 0 Å². The van der Waals surface area contributed by atoms with Crippen LogP contribution in [0.4, 0.5) is 11.4 Å². The van der Waals surface area contributed by atoms with Crippen LogP contribution in [-0.2, 0) is 0 Å². The van der Waals surface area contributed by atoms with Crippen molar-refractivity contribution < 1.29 is 4.92 Å². The van der Waals surface area contributed by atoms with Gasteiger partial charge in [0.1, 0.15) is 0 Å². The van der Waals surface area contributed by atoms with Gasteiger partial charge in [-0.05, 0) is 30.5 Å².